The number of anilines is 1. The molecule has 0 radical (unpaired) electrons. The molecule has 15 heteroatoms. The van der Waals surface area contributed by atoms with E-state index in [1.807, 2.05) is 17.0 Å². The normalized spacial score (nSPS) is 17.8. The average Bonchev–Trinajstić information content (AvgIpc) is 2.87. The van der Waals surface area contributed by atoms with E-state index in [2.05, 4.69) is 22.4 Å². The van der Waals surface area contributed by atoms with Crippen LogP contribution in [-0.2, 0) is 19.2 Å². The first kappa shape index (κ1) is 32.8. The van der Waals surface area contributed by atoms with Gasteiger partial charge in [-0.1, -0.05) is 0 Å². The minimum Gasteiger partial charge on any atom is -0.480 e. The van der Waals surface area contributed by atoms with E-state index in [0.717, 1.165) is 5.69 Å². The summed E-state index contributed by atoms with van der Waals surface area (Å²) in [6.45, 7) is 2.15. The molecule has 0 bridgehead atoms. The third-order valence-electron chi connectivity index (χ3n) is 6.39. The van der Waals surface area contributed by atoms with Crippen LogP contribution < -0.4 is 4.90 Å². The van der Waals surface area contributed by atoms with Crippen molar-refractivity contribution in [3.05, 3.63) is 24.3 Å². The minimum absolute atomic E-state index is 0.243. The van der Waals surface area contributed by atoms with E-state index in [1.165, 1.54) is 0 Å². The maximum atomic E-state index is 11.6. The largest absolute Gasteiger partial charge is 0.480 e. The van der Waals surface area contributed by atoms with Gasteiger partial charge in [-0.2, -0.15) is 4.99 Å². The molecule has 0 aliphatic carbocycles. The molecule has 1 aliphatic heterocycles. The van der Waals surface area contributed by atoms with Crippen LogP contribution in [0.1, 0.15) is 0 Å². The Hall–Kier alpha value is -3.46. The van der Waals surface area contributed by atoms with Crippen molar-refractivity contribution in [1.82, 2.24) is 19.6 Å². The molecular formula is C25H36N6O8S. The molecule has 4 N–H and O–H groups in total. The molecule has 220 valence electrons. The van der Waals surface area contributed by atoms with Crippen molar-refractivity contribution < 1.29 is 39.6 Å². The highest BCUT2D eigenvalue weighted by molar-refractivity contribution is 7.78. The average molecular weight is 581 g/mol. The number of nitrogens with zero attached hydrogens (tertiary/aromatic N) is 6. The third kappa shape index (κ3) is 13.1. The zero-order valence-corrected chi connectivity index (χ0v) is 23.0. The zero-order chi connectivity index (χ0) is 29.5. The molecule has 1 fully saturated rings. The van der Waals surface area contributed by atoms with Gasteiger partial charge in [-0.25, -0.2) is 0 Å². The maximum Gasteiger partial charge on any atom is 0.317 e. The lowest BCUT2D eigenvalue weighted by molar-refractivity contribution is -0.140. The first-order valence-corrected chi connectivity index (χ1v) is 13.2. The molecule has 0 amide bonds. The molecule has 40 heavy (non-hydrogen) atoms. The van der Waals surface area contributed by atoms with Crippen LogP contribution in [0.2, 0.25) is 0 Å². The second-order valence-corrected chi connectivity index (χ2v) is 9.57. The highest BCUT2D eigenvalue weighted by atomic mass is 32.1. The lowest BCUT2D eigenvalue weighted by atomic mass is 10.2. The van der Waals surface area contributed by atoms with Gasteiger partial charge in [0.25, 0.3) is 0 Å². The van der Waals surface area contributed by atoms with Crippen molar-refractivity contribution in [2.75, 3.05) is 96.5 Å². The Morgan fingerprint density at radius 3 is 1.18 bits per heavy atom. The Morgan fingerprint density at radius 2 is 0.900 bits per heavy atom. The second-order valence-electron chi connectivity index (χ2n) is 9.39. The van der Waals surface area contributed by atoms with E-state index >= 15 is 0 Å². The van der Waals surface area contributed by atoms with Gasteiger partial charge in [-0.05, 0) is 36.5 Å². The number of aliphatic imine (C=N–C) groups is 1. The van der Waals surface area contributed by atoms with Crippen LogP contribution in [0.5, 0.6) is 0 Å². The Balaban J connectivity index is 2.37. The molecule has 0 unspecified atom stereocenters. The quantitative estimate of drug-likeness (QED) is 0.211. The van der Waals surface area contributed by atoms with E-state index in [-0.39, 0.29) is 52.4 Å². The topological polar surface area (TPSA) is 178 Å². The highest BCUT2D eigenvalue weighted by Gasteiger charge is 2.21. The van der Waals surface area contributed by atoms with Gasteiger partial charge in [-0.3, -0.25) is 38.8 Å². The number of isothiocyanates is 1. The van der Waals surface area contributed by atoms with Crippen LogP contribution >= 0.6 is 12.2 Å². The number of hydrogen-bond acceptors (Lipinski definition) is 11. The first-order valence-electron chi connectivity index (χ1n) is 12.7. The molecule has 1 saturated heterocycles. The fourth-order valence-corrected chi connectivity index (χ4v) is 4.48. The molecule has 0 atom stereocenters. The summed E-state index contributed by atoms with van der Waals surface area (Å²) in [6, 6.07) is 7.21. The summed E-state index contributed by atoms with van der Waals surface area (Å²) in [5, 5.41) is 40.0. The highest BCUT2D eigenvalue weighted by Crippen LogP contribution is 2.20. The molecule has 1 aromatic rings. The Bertz CT molecular complexity index is 1000. The number of carboxylic acids is 4. The zero-order valence-electron chi connectivity index (χ0n) is 22.2. The van der Waals surface area contributed by atoms with Gasteiger partial charge in [-0.15, -0.1) is 0 Å². The van der Waals surface area contributed by atoms with Crippen LogP contribution in [0.4, 0.5) is 11.4 Å². The Kier molecular flexibility index (Phi) is 14.1. The minimum atomic E-state index is -1.05. The number of hydrogen-bond donors (Lipinski definition) is 4. The predicted molar refractivity (Wildman–Crippen MR) is 150 cm³/mol. The van der Waals surface area contributed by atoms with Crippen molar-refractivity contribution in [2.24, 2.45) is 4.99 Å². The molecule has 0 aromatic heterocycles. The number of rotatable bonds is 10. The molecule has 1 aliphatic rings. The number of thiocarbonyl (C=S) groups is 1. The number of carboxylic acid groups (broad SMARTS) is 4. The van der Waals surface area contributed by atoms with Crippen molar-refractivity contribution in [3.63, 3.8) is 0 Å². The summed E-state index contributed by atoms with van der Waals surface area (Å²) in [5.41, 5.74) is 1.44. The predicted octanol–water partition coefficient (Wildman–Crippen LogP) is -0.213. The van der Waals surface area contributed by atoms with Crippen molar-refractivity contribution in [2.45, 2.75) is 0 Å². The van der Waals surface area contributed by atoms with Crippen LogP contribution in [0.15, 0.2) is 29.3 Å². The number of benzene rings is 1. The molecule has 0 saturated carbocycles. The van der Waals surface area contributed by atoms with Crippen molar-refractivity contribution in [1.29, 1.82) is 0 Å². The van der Waals surface area contributed by atoms with Crippen molar-refractivity contribution in [3.8, 4) is 0 Å². The van der Waals surface area contributed by atoms with E-state index in [0.29, 0.717) is 45.0 Å². The van der Waals surface area contributed by atoms with Gasteiger partial charge in [0.15, 0.2) is 0 Å². The fraction of sp³-hybridized carbons (Fsp3) is 0.560. The number of carbonyl (C=O) groups is 4. The second kappa shape index (κ2) is 17.3. The van der Waals surface area contributed by atoms with E-state index in [9.17, 15) is 39.6 Å². The van der Waals surface area contributed by atoms with Gasteiger partial charge in [0.2, 0.25) is 0 Å². The smallest absolute Gasteiger partial charge is 0.317 e. The molecule has 1 aromatic carbocycles. The van der Waals surface area contributed by atoms with Crippen LogP contribution in [0.3, 0.4) is 0 Å². The van der Waals surface area contributed by atoms with E-state index in [1.54, 1.807) is 31.7 Å². The van der Waals surface area contributed by atoms with Gasteiger partial charge in [0, 0.05) is 71.1 Å². The molecule has 14 nitrogen and oxygen atoms in total. The van der Waals surface area contributed by atoms with E-state index < -0.39 is 23.9 Å². The summed E-state index contributed by atoms with van der Waals surface area (Å²) in [7, 11) is 0. The Morgan fingerprint density at radius 1 is 0.600 bits per heavy atom. The molecule has 1 heterocycles. The summed E-state index contributed by atoms with van der Waals surface area (Å²) in [5.74, 6) is -4.13. The molecular weight excluding hydrogens is 544 g/mol. The van der Waals surface area contributed by atoms with Crippen LogP contribution in [-0.4, -0.2) is 161 Å². The lowest BCUT2D eigenvalue weighted by Crippen LogP contribution is -2.45. The first-order chi connectivity index (χ1) is 19.0. The van der Waals surface area contributed by atoms with Gasteiger partial charge < -0.3 is 25.3 Å². The number of aliphatic carboxylic acids is 4. The van der Waals surface area contributed by atoms with Crippen LogP contribution in [0.25, 0.3) is 0 Å². The lowest BCUT2D eigenvalue weighted by Gasteiger charge is -2.31. The Labute approximate surface area is 237 Å². The van der Waals surface area contributed by atoms with Gasteiger partial charge in [0.05, 0.1) is 37.0 Å². The molecule has 2 rings (SSSR count). The monoisotopic (exact) mass is 580 g/mol. The summed E-state index contributed by atoms with van der Waals surface area (Å²) in [6.07, 6.45) is 0. The maximum absolute atomic E-state index is 11.6. The van der Waals surface area contributed by atoms with Crippen LogP contribution in [0, 0.1) is 0 Å². The summed E-state index contributed by atoms with van der Waals surface area (Å²) < 4.78 is 0. The van der Waals surface area contributed by atoms with Gasteiger partial charge >= 0.3 is 23.9 Å². The molecule has 0 spiro atoms. The summed E-state index contributed by atoms with van der Waals surface area (Å²) >= 11 is 4.66. The third-order valence-corrected chi connectivity index (χ3v) is 6.49. The van der Waals surface area contributed by atoms with E-state index in [4.69, 9.17) is 0 Å². The SMILES string of the molecule is O=C(O)CN1CCN(CC(=O)O)CCN(CC(=O)O)CCN(c2ccc(N=C=S)cc2)CCN(CC(=O)O)CC1. The van der Waals surface area contributed by atoms with Gasteiger partial charge in [0.1, 0.15) is 0 Å². The summed E-state index contributed by atoms with van der Waals surface area (Å²) in [4.78, 5) is 58.8. The fourth-order valence-electron chi connectivity index (χ4n) is 4.38. The standard InChI is InChI=1S/C25H36N6O8S/c32-22(33)15-27-5-6-28(16-23(34)35)8-10-30(18-25(38)39)12-14-31(13-11-29(9-7-27)17-24(36)37)21-3-1-20(2-4-21)26-19-40/h1-4H,5-18H2,(H,32,33)(H,34,35)(H,36,37)(H,38,39). The van der Waals surface area contributed by atoms with Crippen molar-refractivity contribution >= 4 is 52.6 Å².